The van der Waals surface area contributed by atoms with Gasteiger partial charge in [0.15, 0.2) is 0 Å². The first-order valence-corrected chi connectivity index (χ1v) is 7.59. The summed E-state index contributed by atoms with van der Waals surface area (Å²) in [4.78, 5) is 24.9. The normalized spacial score (nSPS) is 11.9. The number of hydrogen-bond donors (Lipinski definition) is 1. The van der Waals surface area contributed by atoms with E-state index in [1.54, 1.807) is 4.90 Å². The summed E-state index contributed by atoms with van der Waals surface area (Å²) in [6.45, 7) is 5.05. The summed E-state index contributed by atoms with van der Waals surface area (Å²) in [6, 6.07) is 9.82. The van der Waals surface area contributed by atoms with Gasteiger partial charge in [0.1, 0.15) is 0 Å². The van der Waals surface area contributed by atoms with Gasteiger partial charge in [-0.25, -0.2) is 0 Å². The average molecular weight is 291 g/mol. The van der Waals surface area contributed by atoms with E-state index in [2.05, 4.69) is 6.92 Å². The molecule has 1 aromatic rings. The van der Waals surface area contributed by atoms with Crippen molar-refractivity contribution >= 4 is 11.9 Å². The highest BCUT2D eigenvalue weighted by Crippen LogP contribution is 2.14. The summed E-state index contributed by atoms with van der Waals surface area (Å²) in [6.07, 6.45) is 2.43. The van der Waals surface area contributed by atoms with E-state index in [9.17, 15) is 9.59 Å². The molecule has 0 aromatic heterocycles. The fourth-order valence-corrected chi connectivity index (χ4v) is 2.36. The van der Waals surface area contributed by atoms with Gasteiger partial charge in [-0.05, 0) is 18.4 Å². The van der Waals surface area contributed by atoms with Gasteiger partial charge >= 0.3 is 5.97 Å². The van der Waals surface area contributed by atoms with Crippen molar-refractivity contribution in [3.63, 3.8) is 0 Å². The predicted octanol–water partition coefficient (Wildman–Crippen LogP) is 3.32. The maximum atomic E-state index is 12.5. The molecule has 1 unspecified atom stereocenters. The summed E-state index contributed by atoms with van der Waals surface area (Å²) in [5.74, 6) is -0.710. The largest absolute Gasteiger partial charge is 0.481 e. The maximum Gasteiger partial charge on any atom is 0.303 e. The minimum atomic E-state index is -0.816. The third-order valence-electron chi connectivity index (χ3n) is 3.49. The van der Waals surface area contributed by atoms with E-state index < -0.39 is 5.97 Å². The van der Waals surface area contributed by atoms with Crippen molar-refractivity contribution in [1.82, 2.24) is 4.90 Å². The van der Waals surface area contributed by atoms with Crippen molar-refractivity contribution in [3.05, 3.63) is 35.9 Å². The molecule has 0 bridgehead atoms. The van der Waals surface area contributed by atoms with E-state index in [0.29, 0.717) is 19.5 Å². The van der Waals surface area contributed by atoms with Crippen LogP contribution in [0.5, 0.6) is 0 Å². The van der Waals surface area contributed by atoms with Crippen LogP contribution in [0.4, 0.5) is 0 Å². The van der Waals surface area contributed by atoms with Gasteiger partial charge in [0.2, 0.25) is 5.91 Å². The number of rotatable bonds is 9. The molecule has 0 radical (unpaired) electrons. The Morgan fingerprint density at radius 2 is 1.90 bits per heavy atom. The van der Waals surface area contributed by atoms with Gasteiger partial charge in [0.05, 0.1) is 0 Å². The van der Waals surface area contributed by atoms with Crippen LogP contribution < -0.4 is 0 Å². The number of hydrogen-bond acceptors (Lipinski definition) is 2. The zero-order valence-corrected chi connectivity index (χ0v) is 12.9. The second-order valence-corrected chi connectivity index (χ2v) is 5.43. The molecule has 1 amide bonds. The molecule has 1 N–H and O–H groups in total. The maximum absolute atomic E-state index is 12.5. The quantitative estimate of drug-likeness (QED) is 0.759. The molecule has 1 aromatic carbocycles. The Bertz CT molecular complexity index is 445. The van der Waals surface area contributed by atoms with Crippen LogP contribution in [0.1, 0.15) is 45.1 Å². The van der Waals surface area contributed by atoms with Gasteiger partial charge in [-0.2, -0.15) is 0 Å². The standard InChI is InChI=1S/C17H25NO3/c1-3-8-14(2)17(21)18(12-7-11-16(19)20)13-15-9-5-4-6-10-15/h4-6,9-10,14H,3,7-8,11-13H2,1-2H3,(H,19,20). The van der Waals surface area contributed by atoms with Crippen molar-refractivity contribution in [2.24, 2.45) is 5.92 Å². The summed E-state index contributed by atoms with van der Waals surface area (Å²) in [5.41, 5.74) is 1.07. The van der Waals surface area contributed by atoms with Gasteiger partial charge < -0.3 is 10.0 Å². The van der Waals surface area contributed by atoms with Crippen molar-refractivity contribution in [2.75, 3.05) is 6.54 Å². The molecule has 1 atom stereocenters. The number of aliphatic carboxylic acids is 1. The van der Waals surface area contributed by atoms with Crippen molar-refractivity contribution in [1.29, 1.82) is 0 Å². The first-order valence-electron chi connectivity index (χ1n) is 7.59. The highest BCUT2D eigenvalue weighted by Gasteiger charge is 2.20. The van der Waals surface area contributed by atoms with E-state index in [-0.39, 0.29) is 18.2 Å². The summed E-state index contributed by atoms with van der Waals surface area (Å²) >= 11 is 0. The molecule has 0 aliphatic carbocycles. The molecule has 4 heteroatoms. The molecule has 0 saturated heterocycles. The Balaban J connectivity index is 2.69. The summed E-state index contributed by atoms with van der Waals surface area (Å²) in [7, 11) is 0. The monoisotopic (exact) mass is 291 g/mol. The molecule has 116 valence electrons. The van der Waals surface area contributed by atoms with Crippen LogP contribution in [-0.2, 0) is 16.1 Å². The number of carbonyl (C=O) groups is 2. The minimum absolute atomic E-state index is 0.0106. The molecule has 0 heterocycles. The molecule has 0 aliphatic rings. The van der Waals surface area contributed by atoms with Crippen LogP contribution in [0.2, 0.25) is 0 Å². The molecule has 0 fully saturated rings. The van der Waals surface area contributed by atoms with E-state index in [0.717, 1.165) is 18.4 Å². The van der Waals surface area contributed by atoms with Crippen molar-refractivity contribution in [2.45, 2.75) is 46.1 Å². The highest BCUT2D eigenvalue weighted by molar-refractivity contribution is 5.78. The molecule has 1 rings (SSSR count). The molecule has 0 saturated carbocycles. The number of carbonyl (C=O) groups excluding carboxylic acids is 1. The minimum Gasteiger partial charge on any atom is -0.481 e. The summed E-state index contributed by atoms with van der Waals surface area (Å²) < 4.78 is 0. The highest BCUT2D eigenvalue weighted by atomic mass is 16.4. The van der Waals surface area contributed by atoms with E-state index in [1.807, 2.05) is 37.3 Å². The zero-order chi connectivity index (χ0) is 15.7. The fraction of sp³-hybridized carbons (Fsp3) is 0.529. The second kappa shape index (κ2) is 9.16. The summed E-state index contributed by atoms with van der Waals surface area (Å²) in [5, 5.41) is 8.74. The SMILES string of the molecule is CCCC(C)C(=O)N(CCCC(=O)O)Cc1ccccc1. The van der Waals surface area contributed by atoms with E-state index in [4.69, 9.17) is 5.11 Å². The average Bonchev–Trinajstić information content (AvgIpc) is 2.46. The van der Waals surface area contributed by atoms with E-state index in [1.165, 1.54) is 0 Å². The number of carboxylic acid groups (broad SMARTS) is 1. The van der Waals surface area contributed by atoms with Crippen LogP contribution in [-0.4, -0.2) is 28.4 Å². The number of carboxylic acids is 1. The Morgan fingerprint density at radius 1 is 1.24 bits per heavy atom. The fourth-order valence-electron chi connectivity index (χ4n) is 2.36. The van der Waals surface area contributed by atoms with Crippen LogP contribution in [0.25, 0.3) is 0 Å². The number of benzene rings is 1. The molecule has 4 nitrogen and oxygen atoms in total. The van der Waals surface area contributed by atoms with Gasteiger partial charge in [-0.15, -0.1) is 0 Å². The zero-order valence-electron chi connectivity index (χ0n) is 12.9. The predicted molar refractivity (Wildman–Crippen MR) is 82.8 cm³/mol. The smallest absolute Gasteiger partial charge is 0.303 e. The van der Waals surface area contributed by atoms with Gasteiger partial charge in [-0.3, -0.25) is 9.59 Å². The molecular formula is C17H25NO3. The van der Waals surface area contributed by atoms with Gasteiger partial charge in [0, 0.05) is 25.4 Å². The van der Waals surface area contributed by atoms with E-state index >= 15 is 0 Å². The van der Waals surface area contributed by atoms with Gasteiger partial charge in [-0.1, -0.05) is 50.6 Å². The van der Waals surface area contributed by atoms with Gasteiger partial charge in [0.25, 0.3) is 0 Å². The number of nitrogens with zero attached hydrogens (tertiary/aromatic N) is 1. The molecule has 0 aliphatic heterocycles. The first kappa shape index (κ1) is 17.2. The Kier molecular flexibility index (Phi) is 7.51. The van der Waals surface area contributed by atoms with Crippen LogP contribution >= 0.6 is 0 Å². The second-order valence-electron chi connectivity index (χ2n) is 5.43. The lowest BCUT2D eigenvalue weighted by Crippen LogP contribution is -2.35. The van der Waals surface area contributed by atoms with Crippen LogP contribution in [0.15, 0.2) is 30.3 Å². The third-order valence-corrected chi connectivity index (χ3v) is 3.49. The van der Waals surface area contributed by atoms with Crippen molar-refractivity contribution in [3.8, 4) is 0 Å². The topological polar surface area (TPSA) is 57.6 Å². The van der Waals surface area contributed by atoms with Crippen LogP contribution in [0.3, 0.4) is 0 Å². The lowest BCUT2D eigenvalue weighted by Gasteiger charge is -2.26. The Labute approximate surface area is 126 Å². The van der Waals surface area contributed by atoms with Crippen molar-refractivity contribution < 1.29 is 14.7 Å². The Morgan fingerprint density at radius 3 is 2.48 bits per heavy atom. The number of amides is 1. The van der Waals surface area contributed by atoms with Crippen LogP contribution in [0, 0.1) is 5.92 Å². The first-order chi connectivity index (χ1) is 10.0. The lowest BCUT2D eigenvalue weighted by atomic mass is 10.0. The third kappa shape index (κ3) is 6.43. The Hall–Kier alpha value is -1.84. The molecular weight excluding hydrogens is 266 g/mol. The molecule has 21 heavy (non-hydrogen) atoms. The molecule has 0 spiro atoms. The lowest BCUT2D eigenvalue weighted by molar-refractivity contribution is -0.139.